The van der Waals surface area contributed by atoms with Crippen LogP contribution in [0.4, 0.5) is 0 Å². The van der Waals surface area contributed by atoms with Crippen LogP contribution >= 0.6 is 0 Å². The topological polar surface area (TPSA) is 132 Å². The van der Waals surface area contributed by atoms with Crippen LogP contribution in [-0.2, 0) is 19.2 Å². The van der Waals surface area contributed by atoms with Crippen molar-refractivity contribution in [3.63, 3.8) is 0 Å². The molecule has 0 saturated carbocycles. The van der Waals surface area contributed by atoms with Gasteiger partial charge in [-0.2, -0.15) is 0 Å². The molecule has 1 saturated heterocycles. The molecule has 0 aromatic rings. The number of nitrogens with zero attached hydrogens (tertiary/aromatic N) is 1. The van der Waals surface area contributed by atoms with Crippen molar-refractivity contribution in [2.45, 2.75) is 31.7 Å². The minimum absolute atomic E-state index is 0.000285. The van der Waals surface area contributed by atoms with Crippen LogP contribution in [0.15, 0.2) is 0 Å². The average Bonchev–Trinajstić information content (AvgIpc) is 2.66. The number of carboxylic acid groups (broad SMARTS) is 3. The standard InChI is InChI=1S/C11H15NO7/c13-8-4-6(10(16)17)5-12(8)7(11(18)19)2-1-3-9(14)15/h6-7H,1-5H2,(H,14,15)(H,16,17)(H,18,19). The van der Waals surface area contributed by atoms with Gasteiger partial charge in [0, 0.05) is 19.4 Å². The molecule has 1 amide bonds. The molecule has 1 aliphatic heterocycles. The maximum atomic E-state index is 11.6. The van der Waals surface area contributed by atoms with Gasteiger partial charge in [0.2, 0.25) is 5.91 Å². The predicted molar refractivity (Wildman–Crippen MR) is 60.4 cm³/mol. The normalized spacial score (nSPS) is 20.3. The minimum atomic E-state index is -1.25. The Labute approximate surface area is 108 Å². The fourth-order valence-electron chi connectivity index (χ4n) is 2.06. The lowest BCUT2D eigenvalue weighted by Gasteiger charge is -2.24. The number of hydrogen-bond acceptors (Lipinski definition) is 4. The molecule has 0 spiro atoms. The number of amides is 1. The van der Waals surface area contributed by atoms with Crippen LogP contribution < -0.4 is 0 Å². The first-order chi connectivity index (χ1) is 8.82. The molecule has 0 aromatic carbocycles. The lowest BCUT2D eigenvalue weighted by atomic mass is 10.1. The molecule has 0 radical (unpaired) electrons. The molecule has 1 fully saturated rings. The summed E-state index contributed by atoms with van der Waals surface area (Å²) in [5.74, 6) is -4.83. The molecule has 0 aromatic heterocycles. The largest absolute Gasteiger partial charge is 0.481 e. The molecule has 0 bridgehead atoms. The Balaban J connectivity index is 2.66. The number of likely N-dealkylation sites (tertiary alicyclic amines) is 1. The van der Waals surface area contributed by atoms with Gasteiger partial charge in [0.05, 0.1) is 5.92 Å². The SMILES string of the molecule is O=C(O)CCCC(C(=O)O)N1CC(C(=O)O)CC1=O. The van der Waals surface area contributed by atoms with Gasteiger partial charge in [-0.05, 0) is 12.8 Å². The van der Waals surface area contributed by atoms with Gasteiger partial charge in [0.15, 0.2) is 0 Å². The van der Waals surface area contributed by atoms with Crippen molar-refractivity contribution in [2.75, 3.05) is 6.54 Å². The van der Waals surface area contributed by atoms with Crippen molar-refractivity contribution in [1.29, 1.82) is 0 Å². The molecule has 106 valence electrons. The third-order valence-electron chi connectivity index (χ3n) is 3.04. The van der Waals surface area contributed by atoms with Crippen LogP contribution in [0.3, 0.4) is 0 Å². The highest BCUT2D eigenvalue weighted by Gasteiger charge is 2.40. The van der Waals surface area contributed by atoms with Crippen molar-refractivity contribution >= 4 is 23.8 Å². The van der Waals surface area contributed by atoms with E-state index < -0.39 is 35.8 Å². The zero-order valence-corrected chi connectivity index (χ0v) is 10.1. The van der Waals surface area contributed by atoms with Crippen molar-refractivity contribution in [2.24, 2.45) is 5.92 Å². The highest BCUT2D eigenvalue weighted by atomic mass is 16.4. The molecule has 8 heteroatoms. The number of carboxylic acids is 3. The number of carbonyl (C=O) groups is 4. The summed E-state index contributed by atoms with van der Waals surface area (Å²) in [6, 6.07) is -1.16. The summed E-state index contributed by atoms with van der Waals surface area (Å²) >= 11 is 0. The van der Waals surface area contributed by atoms with Crippen LogP contribution in [0.25, 0.3) is 0 Å². The molecule has 0 aliphatic carbocycles. The van der Waals surface area contributed by atoms with E-state index in [1.807, 2.05) is 0 Å². The second kappa shape index (κ2) is 6.17. The van der Waals surface area contributed by atoms with E-state index >= 15 is 0 Å². The second-order valence-corrected chi connectivity index (χ2v) is 4.43. The van der Waals surface area contributed by atoms with E-state index in [1.165, 1.54) is 0 Å². The molecule has 1 heterocycles. The number of aliphatic carboxylic acids is 3. The summed E-state index contributed by atoms with van der Waals surface area (Å²) in [5, 5.41) is 26.4. The Morgan fingerprint density at radius 1 is 1.26 bits per heavy atom. The van der Waals surface area contributed by atoms with E-state index in [4.69, 9.17) is 15.3 Å². The third kappa shape index (κ3) is 3.94. The van der Waals surface area contributed by atoms with E-state index in [9.17, 15) is 19.2 Å². The van der Waals surface area contributed by atoms with Gasteiger partial charge < -0.3 is 20.2 Å². The Morgan fingerprint density at radius 3 is 2.32 bits per heavy atom. The summed E-state index contributed by atoms with van der Waals surface area (Å²) < 4.78 is 0. The maximum Gasteiger partial charge on any atom is 0.326 e. The first kappa shape index (κ1) is 14.9. The van der Waals surface area contributed by atoms with Crippen molar-refractivity contribution in [1.82, 2.24) is 4.90 Å². The molecule has 8 nitrogen and oxygen atoms in total. The summed E-state index contributed by atoms with van der Waals surface area (Å²) in [6.07, 6.45) is -0.278. The third-order valence-corrected chi connectivity index (χ3v) is 3.04. The second-order valence-electron chi connectivity index (χ2n) is 4.43. The van der Waals surface area contributed by atoms with Gasteiger partial charge in [0.1, 0.15) is 6.04 Å². The summed E-state index contributed by atoms with van der Waals surface area (Å²) in [4.78, 5) is 44.9. The monoisotopic (exact) mass is 273 g/mol. The van der Waals surface area contributed by atoms with E-state index in [2.05, 4.69) is 0 Å². The molecule has 1 rings (SSSR count). The first-order valence-electron chi connectivity index (χ1n) is 5.79. The maximum absolute atomic E-state index is 11.6. The minimum Gasteiger partial charge on any atom is -0.481 e. The van der Waals surface area contributed by atoms with Gasteiger partial charge in [0.25, 0.3) is 0 Å². The van der Waals surface area contributed by atoms with E-state index in [1.54, 1.807) is 0 Å². The quantitative estimate of drug-likeness (QED) is 0.576. The summed E-state index contributed by atoms with van der Waals surface area (Å²) in [6.45, 7) is -0.141. The van der Waals surface area contributed by atoms with E-state index in [0.29, 0.717) is 0 Å². The van der Waals surface area contributed by atoms with E-state index in [-0.39, 0.29) is 32.2 Å². The van der Waals surface area contributed by atoms with E-state index in [0.717, 1.165) is 4.90 Å². The summed E-state index contributed by atoms with van der Waals surface area (Å²) in [5.41, 5.74) is 0. The van der Waals surface area contributed by atoms with Gasteiger partial charge in [-0.3, -0.25) is 14.4 Å². The lowest BCUT2D eigenvalue weighted by molar-refractivity contribution is -0.149. The van der Waals surface area contributed by atoms with Crippen molar-refractivity contribution < 1.29 is 34.5 Å². The Kier molecular flexibility index (Phi) is 4.85. The van der Waals surface area contributed by atoms with Gasteiger partial charge in [-0.15, -0.1) is 0 Å². The van der Waals surface area contributed by atoms with Gasteiger partial charge in [-0.1, -0.05) is 0 Å². The zero-order valence-electron chi connectivity index (χ0n) is 10.1. The lowest BCUT2D eigenvalue weighted by Crippen LogP contribution is -2.42. The molecule has 3 N–H and O–H groups in total. The highest BCUT2D eigenvalue weighted by molar-refractivity contribution is 5.89. The molecular formula is C11H15NO7. The molecular weight excluding hydrogens is 258 g/mol. The van der Waals surface area contributed by atoms with Crippen molar-refractivity contribution in [3.8, 4) is 0 Å². The van der Waals surface area contributed by atoms with Gasteiger partial charge >= 0.3 is 17.9 Å². The van der Waals surface area contributed by atoms with Crippen LogP contribution in [0.2, 0.25) is 0 Å². The number of rotatable bonds is 7. The molecule has 2 unspecified atom stereocenters. The molecule has 19 heavy (non-hydrogen) atoms. The Bertz CT molecular complexity index is 406. The van der Waals surface area contributed by atoms with Crippen LogP contribution in [0.5, 0.6) is 0 Å². The molecule has 1 aliphatic rings. The fourth-order valence-corrected chi connectivity index (χ4v) is 2.06. The average molecular weight is 273 g/mol. The first-order valence-corrected chi connectivity index (χ1v) is 5.79. The Hall–Kier alpha value is -2.12. The van der Waals surface area contributed by atoms with Gasteiger partial charge in [-0.25, -0.2) is 4.79 Å². The highest BCUT2D eigenvalue weighted by Crippen LogP contribution is 2.23. The predicted octanol–water partition coefficient (Wildman–Crippen LogP) is -0.372. The fraction of sp³-hybridized carbons (Fsp3) is 0.636. The number of hydrogen-bond donors (Lipinski definition) is 3. The smallest absolute Gasteiger partial charge is 0.326 e. The molecule has 2 atom stereocenters. The van der Waals surface area contributed by atoms with Crippen LogP contribution in [0.1, 0.15) is 25.7 Å². The Morgan fingerprint density at radius 2 is 1.89 bits per heavy atom. The van der Waals surface area contributed by atoms with Crippen LogP contribution in [-0.4, -0.2) is 56.6 Å². The van der Waals surface area contributed by atoms with Crippen molar-refractivity contribution in [3.05, 3.63) is 0 Å². The zero-order chi connectivity index (χ0) is 14.6. The van der Waals surface area contributed by atoms with Crippen LogP contribution in [0, 0.1) is 5.92 Å². The number of carbonyl (C=O) groups excluding carboxylic acids is 1. The summed E-state index contributed by atoms with van der Waals surface area (Å²) in [7, 11) is 0.